The number of nitrogens with zero attached hydrogens (tertiary/aromatic N) is 2. The van der Waals surface area contributed by atoms with Gasteiger partial charge in [0.15, 0.2) is 5.69 Å². The number of fused-ring (bicyclic) bond motifs is 1. The molecule has 4 nitrogen and oxygen atoms in total. The van der Waals surface area contributed by atoms with Crippen molar-refractivity contribution in [3.8, 4) is 0 Å². The van der Waals surface area contributed by atoms with Crippen molar-refractivity contribution in [3.05, 3.63) is 52.4 Å². The average molecular weight is 293 g/mol. The molecule has 0 fully saturated rings. The van der Waals surface area contributed by atoms with Gasteiger partial charge in [0.25, 0.3) is 0 Å². The highest BCUT2D eigenvalue weighted by Gasteiger charge is 2.23. The fourth-order valence-corrected chi connectivity index (χ4v) is 2.51. The summed E-state index contributed by atoms with van der Waals surface area (Å²) in [5.41, 5.74) is 1.53. The molecule has 20 heavy (non-hydrogen) atoms. The van der Waals surface area contributed by atoms with Gasteiger partial charge in [0, 0.05) is 12.2 Å². The van der Waals surface area contributed by atoms with Crippen LogP contribution in [0.3, 0.4) is 0 Å². The first-order chi connectivity index (χ1) is 9.56. The summed E-state index contributed by atoms with van der Waals surface area (Å²) in [6.45, 7) is 0.631. The lowest BCUT2D eigenvalue weighted by Crippen LogP contribution is -2.16. The molecule has 1 aromatic heterocycles. The van der Waals surface area contributed by atoms with Gasteiger partial charge in [0.05, 0.1) is 5.02 Å². The zero-order valence-corrected chi connectivity index (χ0v) is 11.1. The molecule has 0 saturated heterocycles. The van der Waals surface area contributed by atoms with E-state index < -0.39 is 5.97 Å². The highest BCUT2D eigenvalue weighted by atomic mass is 35.5. The van der Waals surface area contributed by atoms with Crippen LogP contribution in [0.4, 0.5) is 15.9 Å². The van der Waals surface area contributed by atoms with E-state index in [4.69, 9.17) is 16.7 Å². The molecule has 0 radical (unpaired) electrons. The third-order valence-corrected chi connectivity index (χ3v) is 3.56. The fraction of sp³-hybridized carbons (Fsp3) is 0.143. The molecular formula is C14H10ClFN2O2. The number of aromatic nitrogens is 1. The maximum absolute atomic E-state index is 13.4. The number of benzene rings is 1. The SMILES string of the molecule is O=C(O)c1nc(N2CCc3ccc(F)cc32)ccc1Cl. The summed E-state index contributed by atoms with van der Waals surface area (Å²) in [6.07, 6.45) is 0.766. The summed E-state index contributed by atoms with van der Waals surface area (Å²) in [5, 5.41) is 9.13. The average Bonchev–Trinajstić information content (AvgIpc) is 2.82. The van der Waals surface area contributed by atoms with Crippen LogP contribution in [-0.2, 0) is 6.42 Å². The number of hydrogen-bond acceptors (Lipinski definition) is 3. The largest absolute Gasteiger partial charge is 0.476 e. The first-order valence-electron chi connectivity index (χ1n) is 6.02. The molecule has 102 valence electrons. The Morgan fingerprint density at radius 3 is 2.90 bits per heavy atom. The van der Waals surface area contributed by atoms with Gasteiger partial charge in [-0.3, -0.25) is 0 Å². The van der Waals surface area contributed by atoms with E-state index in [0.29, 0.717) is 12.4 Å². The Kier molecular flexibility index (Phi) is 3.06. The third-order valence-electron chi connectivity index (χ3n) is 3.25. The maximum atomic E-state index is 13.4. The van der Waals surface area contributed by atoms with Gasteiger partial charge in [0.2, 0.25) is 0 Å². The van der Waals surface area contributed by atoms with Gasteiger partial charge >= 0.3 is 5.97 Å². The van der Waals surface area contributed by atoms with Crippen molar-refractivity contribution in [3.63, 3.8) is 0 Å². The van der Waals surface area contributed by atoms with E-state index in [0.717, 1.165) is 17.7 Å². The van der Waals surface area contributed by atoms with E-state index >= 15 is 0 Å². The summed E-state index contributed by atoms with van der Waals surface area (Å²) in [6, 6.07) is 7.71. The van der Waals surface area contributed by atoms with E-state index in [-0.39, 0.29) is 16.5 Å². The Bertz CT molecular complexity index is 706. The van der Waals surface area contributed by atoms with Crippen LogP contribution in [-0.4, -0.2) is 22.6 Å². The molecular weight excluding hydrogens is 283 g/mol. The Morgan fingerprint density at radius 2 is 2.15 bits per heavy atom. The minimum absolute atomic E-state index is 0.0833. The van der Waals surface area contributed by atoms with Crippen molar-refractivity contribution in [2.24, 2.45) is 0 Å². The highest BCUT2D eigenvalue weighted by molar-refractivity contribution is 6.33. The molecule has 0 spiro atoms. The zero-order chi connectivity index (χ0) is 14.3. The molecule has 0 unspecified atom stereocenters. The molecule has 1 N–H and O–H groups in total. The van der Waals surface area contributed by atoms with Crippen LogP contribution in [0.1, 0.15) is 16.1 Å². The predicted molar refractivity (Wildman–Crippen MR) is 73.3 cm³/mol. The van der Waals surface area contributed by atoms with Gasteiger partial charge in [-0.2, -0.15) is 0 Å². The molecule has 2 aromatic rings. The lowest BCUT2D eigenvalue weighted by Gasteiger charge is -2.19. The number of pyridine rings is 1. The summed E-state index contributed by atoms with van der Waals surface area (Å²) < 4.78 is 13.4. The van der Waals surface area contributed by atoms with Crippen LogP contribution in [0.2, 0.25) is 5.02 Å². The normalized spacial score (nSPS) is 13.4. The van der Waals surface area contributed by atoms with Gasteiger partial charge in [-0.05, 0) is 36.2 Å². The first kappa shape index (κ1) is 12.9. The van der Waals surface area contributed by atoms with Crippen LogP contribution in [0, 0.1) is 5.82 Å². The van der Waals surface area contributed by atoms with Gasteiger partial charge in [-0.1, -0.05) is 17.7 Å². The van der Waals surface area contributed by atoms with E-state index in [1.807, 2.05) is 0 Å². The Labute approximate surface area is 119 Å². The summed E-state index contributed by atoms with van der Waals surface area (Å²) >= 11 is 5.80. The fourth-order valence-electron chi connectivity index (χ4n) is 2.32. The molecule has 6 heteroatoms. The second-order valence-electron chi connectivity index (χ2n) is 4.48. The van der Waals surface area contributed by atoms with Gasteiger partial charge in [-0.15, -0.1) is 0 Å². The summed E-state index contributed by atoms with van der Waals surface area (Å²) in [4.78, 5) is 16.9. The second kappa shape index (κ2) is 4.76. The number of carboxylic acids is 1. The number of anilines is 2. The van der Waals surface area contributed by atoms with Crippen molar-refractivity contribution < 1.29 is 14.3 Å². The molecule has 0 atom stereocenters. The van der Waals surface area contributed by atoms with Crippen molar-refractivity contribution >= 4 is 29.1 Å². The molecule has 3 rings (SSSR count). The topological polar surface area (TPSA) is 53.4 Å². The van der Waals surface area contributed by atoms with Crippen molar-refractivity contribution in [1.29, 1.82) is 0 Å². The Balaban J connectivity index is 2.06. The molecule has 0 saturated carbocycles. The summed E-state index contributed by atoms with van der Waals surface area (Å²) in [7, 11) is 0. The third kappa shape index (κ3) is 2.10. The van der Waals surface area contributed by atoms with Gasteiger partial charge in [-0.25, -0.2) is 14.2 Å². The monoisotopic (exact) mass is 292 g/mol. The summed E-state index contributed by atoms with van der Waals surface area (Å²) in [5.74, 6) is -1.06. The van der Waals surface area contributed by atoms with Gasteiger partial charge in [0.1, 0.15) is 11.6 Å². The first-order valence-corrected chi connectivity index (χ1v) is 6.40. The quantitative estimate of drug-likeness (QED) is 0.923. The standard InChI is InChI=1S/C14H10ClFN2O2/c15-10-3-4-12(17-13(10)14(19)20)18-6-5-8-1-2-9(16)7-11(8)18/h1-4,7H,5-6H2,(H,19,20). The molecule has 2 heterocycles. The maximum Gasteiger partial charge on any atom is 0.356 e. The van der Waals surface area contributed by atoms with Crippen LogP contribution in [0.15, 0.2) is 30.3 Å². The lowest BCUT2D eigenvalue weighted by atomic mass is 10.2. The lowest BCUT2D eigenvalue weighted by molar-refractivity contribution is 0.0691. The Hall–Kier alpha value is -2.14. The number of carboxylic acid groups (broad SMARTS) is 1. The second-order valence-corrected chi connectivity index (χ2v) is 4.89. The molecule has 1 aliphatic heterocycles. The Morgan fingerprint density at radius 1 is 1.35 bits per heavy atom. The molecule has 0 aliphatic carbocycles. The number of carbonyl (C=O) groups is 1. The highest BCUT2D eigenvalue weighted by Crippen LogP contribution is 2.34. The van der Waals surface area contributed by atoms with Crippen LogP contribution in [0.25, 0.3) is 0 Å². The zero-order valence-electron chi connectivity index (χ0n) is 10.3. The van der Waals surface area contributed by atoms with Gasteiger partial charge < -0.3 is 10.0 Å². The number of halogens is 2. The predicted octanol–water partition coefficient (Wildman–Crippen LogP) is 3.27. The van der Waals surface area contributed by atoms with E-state index in [9.17, 15) is 9.18 Å². The molecule has 0 bridgehead atoms. The molecule has 1 aromatic carbocycles. The van der Waals surface area contributed by atoms with Crippen molar-refractivity contribution in [1.82, 2.24) is 4.98 Å². The number of rotatable bonds is 2. The van der Waals surface area contributed by atoms with Crippen molar-refractivity contribution in [2.45, 2.75) is 6.42 Å². The minimum Gasteiger partial charge on any atom is -0.476 e. The number of hydrogen-bond donors (Lipinski definition) is 1. The molecule has 1 aliphatic rings. The van der Waals surface area contributed by atoms with E-state index in [2.05, 4.69) is 4.98 Å². The van der Waals surface area contributed by atoms with Crippen molar-refractivity contribution in [2.75, 3.05) is 11.4 Å². The molecule has 0 amide bonds. The van der Waals surface area contributed by atoms with E-state index in [1.165, 1.54) is 18.2 Å². The minimum atomic E-state index is -1.18. The smallest absolute Gasteiger partial charge is 0.356 e. The van der Waals surface area contributed by atoms with Crippen LogP contribution < -0.4 is 4.90 Å². The number of aromatic carboxylic acids is 1. The van der Waals surface area contributed by atoms with Crippen LogP contribution in [0.5, 0.6) is 0 Å². The van der Waals surface area contributed by atoms with E-state index in [1.54, 1.807) is 17.0 Å². The van der Waals surface area contributed by atoms with Crippen LogP contribution >= 0.6 is 11.6 Å².